The minimum atomic E-state index is -0.152. The summed E-state index contributed by atoms with van der Waals surface area (Å²) < 4.78 is 7.44. The second kappa shape index (κ2) is 7.34. The van der Waals surface area contributed by atoms with Crippen molar-refractivity contribution in [1.29, 1.82) is 0 Å². The summed E-state index contributed by atoms with van der Waals surface area (Å²) in [5.74, 6) is 0.637. The molecule has 6 heteroatoms. The maximum atomic E-state index is 12.4. The molecular formula is C19H22N4O2. The number of pyridine rings is 1. The summed E-state index contributed by atoms with van der Waals surface area (Å²) in [4.78, 5) is 17.0. The fraction of sp³-hybridized carbons (Fsp3) is 0.316. The molecule has 0 unspecified atom stereocenters. The Morgan fingerprint density at radius 2 is 2.04 bits per heavy atom. The topological polar surface area (TPSA) is 69.0 Å². The highest BCUT2D eigenvalue weighted by Crippen LogP contribution is 2.19. The summed E-state index contributed by atoms with van der Waals surface area (Å²) in [6, 6.07) is 11.6. The van der Waals surface area contributed by atoms with Crippen LogP contribution in [0.15, 0.2) is 42.6 Å². The van der Waals surface area contributed by atoms with Crippen LogP contribution in [0, 0.1) is 6.92 Å². The maximum Gasteiger partial charge on any atom is 0.253 e. The van der Waals surface area contributed by atoms with Crippen molar-refractivity contribution in [2.45, 2.75) is 26.8 Å². The average Bonchev–Trinajstić information content (AvgIpc) is 3.01. The maximum absolute atomic E-state index is 12.4. The number of ether oxygens (including phenoxy) is 1. The number of hydrogen-bond donors (Lipinski definition) is 1. The molecule has 1 aromatic carbocycles. The zero-order valence-electron chi connectivity index (χ0n) is 14.7. The highest BCUT2D eigenvalue weighted by atomic mass is 16.5. The second-order valence-corrected chi connectivity index (χ2v) is 6.13. The lowest BCUT2D eigenvalue weighted by Gasteiger charge is -2.10. The molecule has 2 heterocycles. The summed E-state index contributed by atoms with van der Waals surface area (Å²) in [6.07, 6.45) is 1.75. The third-order valence-electron chi connectivity index (χ3n) is 3.89. The lowest BCUT2D eigenvalue weighted by molar-refractivity contribution is 0.0946. The van der Waals surface area contributed by atoms with Crippen molar-refractivity contribution in [3.63, 3.8) is 0 Å². The van der Waals surface area contributed by atoms with Crippen LogP contribution in [-0.4, -0.2) is 33.8 Å². The molecule has 1 N–H and O–H groups in total. The first-order chi connectivity index (χ1) is 12.1. The molecule has 0 fully saturated rings. The fourth-order valence-corrected chi connectivity index (χ4v) is 2.62. The molecule has 0 saturated carbocycles. The molecule has 2 aromatic heterocycles. The Labute approximate surface area is 146 Å². The summed E-state index contributed by atoms with van der Waals surface area (Å²) >= 11 is 0. The number of hydrogen-bond acceptors (Lipinski definition) is 4. The molecule has 6 nitrogen and oxygen atoms in total. The Balaban J connectivity index is 1.64. The number of nitrogens with one attached hydrogen (secondary N) is 1. The molecule has 0 radical (unpaired) electrons. The zero-order chi connectivity index (χ0) is 17.8. The van der Waals surface area contributed by atoms with E-state index in [0.29, 0.717) is 24.4 Å². The highest BCUT2D eigenvalue weighted by molar-refractivity contribution is 5.98. The third kappa shape index (κ3) is 3.79. The van der Waals surface area contributed by atoms with Gasteiger partial charge in [-0.25, -0.2) is 9.67 Å². The number of carbonyl (C=O) groups is 1. The Bertz CT molecular complexity index is 872. The number of aromatic nitrogens is 3. The van der Waals surface area contributed by atoms with Crippen LogP contribution in [0.3, 0.4) is 0 Å². The predicted molar refractivity (Wildman–Crippen MR) is 96.9 cm³/mol. The fourth-order valence-electron chi connectivity index (χ4n) is 2.62. The van der Waals surface area contributed by atoms with E-state index in [-0.39, 0.29) is 11.9 Å². The number of fused-ring (bicyclic) bond motifs is 1. The molecule has 0 bridgehead atoms. The number of benzene rings is 1. The van der Waals surface area contributed by atoms with E-state index in [9.17, 15) is 4.79 Å². The van der Waals surface area contributed by atoms with E-state index in [2.05, 4.69) is 29.2 Å². The van der Waals surface area contributed by atoms with Gasteiger partial charge < -0.3 is 10.1 Å². The monoisotopic (exact) mass is 338 g/mol. The Hall–Kier alpha value is -2.89. The van der Waals surface area contributed by atoms with Crippen molar-refractivity contribution in [3.05, 3.63) is 53.9 Å². The van der Waals surface area contributed by atoms with Crippen molar-refractivity contribution in [2.75, 3.05) is 13.2 Å². The minimum absolute atomic E-state index is 0.152. The van der Waals surface area contributed by atoms with Crippen molar-refractivity contribution in [1.82, 2.24) is 20.1 Å². The summed E-state index contributed by atoms with van der Waals surface area (Å²) in [5, 5.41) is 8.09. The first-order valence-corrected chi connectivity index (χ1v) is 8.37. The molecule has 1 amide bonds. The number of aryl methyl sites for hydroxylation is 1. The Morgan fingerprint density at radius 3 is 2.76 bits per heavy atom. The first-order valence-electron chi connectivity index (χ1n) is 8.37. The smallest absolute Gasteiger partial charge is 0.253 e. The average molecular weight is 338 g/mol. The van der Waals surface area contributed by atoms with Crippen LogP contribution in [0.1, 0.15) is 35.9 Å². The zero-order valence-corrected chi connectivity index (χ0v) is 14.7. The largest absolute Gasteiger partial charge is 0.492 e. The lowest BCUT2D eigenvalue weighted by Crippen LogP contribution is -2.28. The van der Waals surface area contributed by atoms with E-state index in [0.717, 1.165) is 16.8 Å². The molecule has 130 valence electrons. The van der Waals surface area contributed by atoms with Gasteiger partial charge in [-0.1, -0.05) is 18.2 Å². The van der Waals surface area contributed by atoms with Gasteiger partial charge in [0, 0.05) is 11.4 Å². The van der Waals surface area contributed by atoms with E-state index in [4.69, 9.17) is 4.74 Å². The predicted octanol–water partition coefficient (Wildman–Crippen LogP) is 3.13. The molecule has 3 aromatic rings. The molecule has 0 aliphatic carbocycles. The normalized spacial score (nSPS) is 11.0. The van der Waals surface area contributed by atoms with Crippen LogP contribution in [0.5, 0.6) is 5.75 Å². The van der Waals surface area contributed by atoms with Gasteiger partial charge in [-0.15, -0.1) is 0 Å². The molecular weight excluding hydrogens is 316 g/mol. The van der Waals surface area contributed by atoms with Gasteiger partial charge in [0.25, 0.3) is 5.91 Å². The van der Waals surface area contributed by atoms with Crippen molar-refractivity contribution < 1.29 is 9.53 Å². The third-order valence-corrected chi connectivity index (χ3v) is 3.89. The molecule has 25 heavy (non-hydrogen) atoms. The van der Waals surface area contributed by atoms with E-state index in [1.54, 1.807) is 6.20 Å². The van der Waals surface area contributed by atoms with Gasteiger partial charge in [0.1, 0.15) is 12.4 Å². The van der Waals surface area contributed by atoms with E-state index in [1.165, 1.54) is 0 Å². The molecule has 0 aliphatic heterocycles. The van der Waals surface area contributed by atoms with Crippen molar-refractivity contribution in [2.24, 2.45) is 0 Å². The van der Waals surface area contributed by atoms with Crippen LogP contribution >= 0.6 is 0 Å². The number of rotatable bonds is 6. The number of amides is 1. The number of para-hydroxylation sites is 1. The Kier molecular flexibility index (Phi) is 4.97. The SMILES string of the molecule is Cc1nc2c(cnn2C(C)C)cc1C(=O)NCCOc1ccccc1. The van der Waals surface area contributed by atoms with Crippen molar-refractivity contribution in [3.8, 4) is 5.75 Å². The van der Waals surface area contributed by atoms with E-state index < -0.39 is 0 Å². The summed E-state index contributed by atoms with van der Waals surface area (Å²) in [6.45, 7) is 6.78. The molecule has 3 rings (SSSR count). The van der Waals surface area contributed by atoms with E-state index >= 15 is 0 Å². The summed E-state index contributed by atoms with van der Waals surface area (Å²) in [7, 11) is 0. The second-order valence-electron chi connectivity index (χ2n) is 6.13. The van der Waals surface area contributed by atoms with Gasteiger partial charge in [0.2, 0.25) is 0 Å². The molecule has 0 atom stereocenters. The standard InChI is InChI=1S/C19H22N4O2/c1-13(2)23-18-15(12-21-23)11-17(14(3)22-18)19(24)20-9-10-25-16-7-5-4-6-8-16/h4-8,11-13H,9-10H2,1-3H3,(H,20,24). The van der Waals surface area contributed by atoms with Gasteiger partial charge >= 0.3 is 0 Å². The van der Waals surface area contributed by atoms with Crippen LogP contribution in [0.2, 0.25) is 0 Å². The van der Waals surface area contributed by atoms with Crippen LogP contribution in [0.25, 0.3) is 11.0 Å². The van der Waals surface area contributed by atoms with Crippen LogP contribution < -0.4 is 10.1 Å². The number of carbonyl (C=O) groups excluding carboxylic acids is 1. The quantitative estimate of drug-likeness (QED) is 0.701. The van der Waals surface area contributed by atoms with Gasteiger partial charge in [0.15, 0.2) is 5.65 Å². The Morgan fingerprint density at radius 1 is 1.28 bits per heavy atom. The molecule has 0 aliphatic rings. The van der Waals surface area contributed by atoms with Crippen LogP contribution in [-0.2, 0) is 0 Å². The van der Waals surface area contributed by atoms with Gasteiger partial charge in [-0.3, -0.25) is 4.79 Å². The molecule has 0 spiro atoms. The number of nitrogens with zero attached hydrogens (tertiary/aromatic N) is 3. The first kappa shape index (κ1) is 17.0. The minimum Gasteiger partial charge on any atom is -0.492 e. The van der Waals surface area contributed by atoms with Gasteiger partial charge in [0.05, 0.1) is 24.0 Å². The highest BCUT2D eigenvalue weighted by Gasteiger charge is 2.15. The molecule has 0 saturated heterocycles. The lowest BCUT2D eigenvalue weighted by atomic mass is 10.1. The van der Waals surface area contributed by atoms with Crippen LogP contribution in [0.4, 0.5) is 0 Å². The van der Waals surface area contributed by atoms with Gasteiger partial charge in [-0.05, 0) is 39.0 Å². The van der Waals surface area contributed by atoms with Crippen molar-refractivity contribution >= 4 is 16.9 Å². The summed E-state index contributed by atoms with van der Waals surface area (Å²) in [5.41, 5.74) is 2.06. The van der Waals surface area contributed by atoms with Gasteiger partial charge in [-0.2, -0.15) is 5.10 Å². The van der Waals surface area contributed by atoms with E-state index in [1.807, 2.05) is 48.0 Å².